The Morgan fingerprint density at radius 2 is 2.19 bits per heavy atom. The van der Waals surface area contributed by atoms with Gasteiger partial charge in [-0.2, -0.15) is 0 Å². The van der Waals surface area contributed by atoms with Gasteiger partial charge < -0.3 is 15.0 Å². The molecule has 0 aliphatic carbocycles. The van der Waals surface area contributed by atoms with Gasteiger partial charge in [-0.15, -0.1) is 6.58 Å². The molecule has 1 aromatic heterocycles. The van der Waals surface area contributed by atoms with Crippen LogP contribution in [0.25, 0.3) is 10.9 Å². The third kappa shape index (κ3) is 2.82. The number of methoxy groups -OCH3 is 1. The Bertz CT molecular complexity index is 614. The number of ether oxygens (including phenoxy) is 1. The number of nitrogens with zero attached hydrogens (tertiary/aromatic N) is 1. The summed E-state index contributed by atoms with van der Waals surface area (Å²) in [5.74, 6) is 0.904. The van der Waals surface area contributed by atoms with E-state index in [1.54, 1.807) is 7.11 Å². The molecule has 1 saturated heterocycles. The highest BCUT2D eigenvalue weighted by Gasteiger charge is 2.23. The second-order valence-corrected chi connectivity index (χ2v) is 5.48. The molecule has 112 valence electrons. The van der Waals surface area contributed by atoms with Gasteiger partial charge in [0.25, 0.3) is 0 Å². The summed E-state index contributed by atoms with van der Waals surface area (Å²) in [5, 5.41) is 4.67. The first-order valence-corrected chi connectivity index (χ1v) is 7.54. The lowest BCUT2D eigenvalue weighted by Crippen LogP contribution is -2.45. The highest BCUT2D eigenvalue weighted by molar-refractivity contribution is 5.85. The lowest BCUT2D eigenvalue weighted by Gasteiger charge is -2.34. The molecule has 1 atom stereocenters. The average Bonchev–Trinajstić information content (AvgIpc) is 2.96. The zero-order chi connectivity index (χ0) is 14.7. The summed E-state index contributed by atoms with van der Waals surface area (Å²) in [7, 11) is 1.71. The number of benzene rings is 1. The standard InChI is InChI=1S/C17H23N3O/c1-3-4-17(20-9-7-18-8-10-20)15-12-19-16-6-5-13(21-2)11-14(15)16/h3,5-6,11-12,17-19H,1,4,7-10H2,2H3/t17-/m1/s1. The summed E-state index contributed by atoms with van der Waals surface area (Å²) >= 11 is 0. The molecule has 1 aliphatic rings. The van der Waals surface area contributed by atoms with E-state index in [-0.39, 0.29) is 0 Å². The Hall–Kier alpha value is -1.78. The van der Waals surface area contributed by atoms with E-state index in [2.05, 4.69) is 40.1 Å². The summed E-state index contributed by atoms with van der Waals surface area (Å²) in [4.78, 5) is 5.93. The van der Waals surface area contributed by atoms with Crippen molar-refractivity contribution in [2.24, 2.45) is 0 Å². The molecule has 1 aliphatic heterocycles. The predicted molar refractivity (Wildman–Crippen MR) is 86.8 cm³/mol. The molecule has 3 rings (SSSR count). The Labute approximate surface area is 125 Å². The van der Waals surface area contributed by atoms with Crippen LogP contribution < -0.4 is 10.1 Å². The fourth-order valence-corrected chi connectivity index (χ4v) is 3.15. The molecule has 0 spiro atoms. The Morgan fingerprint density at radius 1 is 1.38 bits per heavy atom. The van der Waals surface area contributed by atoms with E-state index in [1.807, 2.05) is 12.1 Å². The number of nitrogens with one attached hydrogen (secondary N) is 2. The summed E-state index contributed by atoms with van der Waals surface area (Å²) < 4.78 is 5.37. The van der Waals surface area contributed by atoms with Crippen molar-refractivity contribution in [3.63, 3.8) is 0 Å². The Kier molecular flexibility index (Phi) is 4.27. The lowest BCUT2D eigenvalue weighted by molar-refractivity contribution is 0.175. The van der Waals surface area contributed by atoms with Crippen LogP contribution in [0.5, 0.6) is 5.75 Å². The Balaban J connectivity index is 1.99. The van der Waals surface area contributed by atoms with Gasteiger partial charge >= 0.3 is 0 Å². The molecular formula is C17H23N3O. The lowest BCUT2D eigenvalue weighted by atomic mass is 10.0. The molecule has 0 unspecified atom stereocenters. The summed E-state index contributed by atoms with van der Waals surface area (Å²) in [6.45, 7) is 8.21. The van der Waals surface area contributed by atoms with Crippen LogP contribution >= 0.6 is 0 Å². The maximum Gasteiger partial charge on any atom is 0.119 e. The van der Waals surface area contributed by atoms with Crippen LogP contribution in [-0.2, 0) is 0 Å². The minimum atomic E-state index is 0.380. The van der Waals surface area contributed by atoms with Crippen molar-refractivity contribution in [2.45, 2.75) is 12.5 Å². The van der Waals surface area contributed by atoms with Crippen LogP contribution in [0.4, 0.5) is 0 Å². The van der Waals surface area contributed by atoms with Crippen molar-refractivity contribution in [3.8, 4) is 5.75 Å². The van der Waals surface area contributed by atoms with Gasteiger partial charge in [0.2, 0.25) is 0 Å². The van der Waals surface area contributed by atoms with E-state index in [4.69, 9.17) is 4.74 Å². The molecule has 2 heterocycles. The van der Waals surface area contributed by atoms with Crippen LogP contribution in [0, 0.1) is 0 Å². The zero-order valence-corrected chi connectivity index (χ0v) is 12.6. The fraction of sp³-hybridized carbons (Fsp3) is 0.412. The molecule has 1 fully saturated rings. The van der Waals surface area contributed by atoms with E-state index in [0.29, 0.717) is 6.04 Å². The first-order chi connectivity index (χ1) is 10.3. The number of piperazine rings is 1. The van der Waals surface area contributed by atoms with Crippen LogP contribution in [0.2, 0.25) is 0 Å². The molecule has 2 aromatic rings. The average molecular weight is 285 g/mol. The molecule has 4 nitrogen and oxygen atoms in total. The van der Waals surface area contributed by atoms with Crippen molar-refractivity contribution in [3.05, 3.63) is 42.6 Å². The maximum atomic E-state index is 5.37. The second kappa shape index (κ2) is 6.33. The zero-order valence-electron chi connectivity index (χ0n) is 12.6. The van der Waals surface area contributed by atoms with Gasteiger partial charge in [-0.05, 0) is 30.2 Å². The molecule has 1 aromatic carbocycles. The van der Waals surface area contributed by atoms with Gasteiger partial charge in [0.05, 0.1) is 7.11 Å². The van der Waals surface area contributed by atoms with Gasteiger partial charge in [-0.25, -0.2) is 0 Å². The van der Waals surface area contributed by atoms with E-state index in [9.17, 15) is 0 Å². The van der Waals surface area contributed by atoms with Gasteiger partial charge in [0.1, 0.15) is 5.75 Å². The third-order valence-corrected chi connectivity index (χ3v) is 4.26. The van der Waals surface area contributed by atoms with Crippen LogP contribution in [-0.4, -0.2) is 43.2 Å². The van der Waals surface area contributed by atoms with Crippen molar-refractivity contribution in [1.29, 1.82) is 0 Å². The quantitative estimate of drug-likeness (QED) is 0.830. The number of aromatic nitrogens is 1. The van der Waals surface area contributed by atoms with Gasteiger partial charge in [0, 0.05) is 49.3 Å². The minimum absolute atomic E-state index is 0.380. The summed E-state index contributed by atoms with van der Waals surface area (Å²) in [6, 6.07) is 6.58. The molecule has 21 heavy (non-hydrogen) atoms. The first kappa shape index (κ1) is 14.2. The van der Waals surface area contributed by atoms with Crippen LogP contribution in [0.3, 0.4) is 0 Å². The number of rotatable bonds is 5. The van der Waals surface area contributed by atoms with Crippen molar-refractivity contribution < 1.29 is 4.74 Å². The van der Waals surface area contributed by atoms with E-state index >= 15 is 0 Å². The SMILES string of the molecule is C=CC[C@H](c1c[nH]c2ccc(OC)cc12)N1CCNCC1. The van der Waals surface area contributed by atoms with E-state index < -0.39 is 0 Å². The Morgan fingerprint density at radius 3 is 2.90 bits per heavy atom. The molecule has 0 amide bonds. The summed E-state index contributed by atoms with van der Waals surface area (Å²) in [5.41, 5.74) is 2.50. The van der Waals surface area contributed by atoms with Crippen molar-refractivity contribution >= 4 is 10.9 Å². The highest BCUT2D eigenvalue weighted by atomic mass is 16.5. The molecular weight excluding hydrogens is 262 g/mol. The minimum Gasteiger partial charge on any atom is -0.497 e. The van der Waals surface area contributed by atoms with Crippen LogP contribution in [0.1, 0.15) is 18.0 Å². The normalized spacial score (nSPS) is 17.8. The summed E-state index contributed by atoms with van der Waals surface area (Å²) in [6.07, 6.45) is 5.12. The van der Waals surface area contributed by atoms with E-state index in [1.165, 1.54) is 10.9 Å². The second-order valence-electron chi connectivity index (χ2n) is 5.48. The largest absolute Gasteiger partial charge is 0.497 e. The van der Waals surface area contributed by atoms with E-state index in [0.717, 1.165) is 43.9 Å². The molecule has 0 saturated carbocycles. The monoisotopic (exact) mass is 285 g/mol. The van der Waals surface area contributed by atoms with Gasteiger partial charge in [0.15, 0.2) is 0 Å². The number of H-pyrrole nitrogens is 1. The van der Waals surface area contributed by atoms with Crippen molar-refractivity contribution in [2.75, 3.05) is 33.3 Å². The van der Waals surface area contributed by atoms with Crippen molar-refractivity contribution in [1.82, 2.24) is 15.2 Å². The van der Waals surface area contributed by atoms with Gasteiger partial charge in [-0.1, -0.05) is 6.08 Å². The first-order valence-electron chi connectivity index (χ1n) is 7.54. The highest BCUT2D eigenvalue weighted by Crippen LogP contribution is 2.33. The van der Waals surface area contributed by atoms with Crippen LogP contribution in [0.15, 0.2) is 37.1 Å². The molecule has 0 radical (unpaired) electrons. The number of fused-ring (bicyclic) bond motifs is 1. The number of hydrogen-bond donors (Lipinski definition) is 2. The predicted octanol–water partition coefficient (Wildman–Crippen LogP) is 2.70. The molecule has 2 N–H and O–H groups in total. The smallest absolute Gasteiger partial charge is 0.119 e. The third-order valence-electron chi connectivity index (χ3n) is 4.26. The molecule has 0 bridgehead atoms. The van der Waals surface area contributed by atoms with Gasteiger partial charge in [-0.3, -0.25) is 4.90 Å². The number of aromatic amines is 1. The molecule has 4 heteroatoms. The number of hydrogen-bond acceptors (Lipinski definition) is 3. The maximum absolute atomic E-state index is 5.37. The fourth-order valence-electron chi connectivity index (χ4n) is 3.15. The topological polar surface area (TPSA) is 40.3 Å².